The highest BCUT2D eigenvalue weighted by atomic mass is 35.5. The molecular weight excluding hydrogens is 386 g/mol. The van der Waals surface area contributed by atoms with E-state index in [9.17, 15) is 0 Å². The molecule has 0 N–H and O–H groups in total. The number of hydrogen-bond acceptors (Lipinski definition) is 4. The van der Waals surface area contributed by atoms with Gasteiger partial charge in [-0.15, -0.1) is 11.3 Å². The van der Waals surface area contributed by atoms with Gasteiger partial charge in [0.05, 0.1) is 5.39 Å². The quantitative estimate of drug-likeness (QED) is 0.372. The van der Waals surface area contributed by atoms with Crippen LogP contribution in [0.3, 0.4) is 0 Å². The normalized spacial score (nSPS) is 13.8. The average molecular weight is 406 g/mol. The summed E-state index contributed by atoms with van der Waals surface area (Å²) in [5.74, 6) is 0.945. The van der Waals surface area contributed by atoms with Crippen molar-refractivity contribution < 1.29 is 0 Å². The zero-order chi connectivity index (χ0) is 19.3. The smallest absolute Gasteiger partial charge is 0.225 e. The van der Waals surface area contributed by atoms with Crippen LogP contribution in [-0.4, -0.2) is 16.5 Å². The van der Waals surface area contributed by atoms with Crippen molar-refractivity contribution in [2.45, 2.75) is 26.8 Å². The summed E-state index contributed by atoms with van der Waals surface area (Å²) in [5, 5.41) is 3.62. The SMILES string of the molecule is Cc1ccc(-c2csc3nc(Cl)nc(N4CCc5ccccc5C4)c23)c(C)c1. The average Bonchev–Trinajstić information content (AvgIpc) is 3.10. The van der Waals surface area contributed by atoms with E-state index in [2.05, 4.69) is 71.6 Å². The summed E-state index contributed by atoms with van der Waals surface area (Å²) < 4.78 is 0. The van der Waals surface area contributed by atoms with Crippen LogP contribution >= 0.6 is 22.9 Å². The molecule has 3 nitrogen and oxygen atoms in total. The summed E-state index contributed by atoms with van der Waals surface area (Å²) in [6.07, 6.45) is 1.02. The molecule has 0 spiro atoms. The van der Waals surface area contributed by atoms with E-state index in [4.69, 9.17) is 16.6 Å². The maximum atomic E-state index is 6.31. The highest BCUT2D eigenvalue weighted by Gasteiger charge is 2.23. The maximum Gasteiger partial charge on any atom is 0.225 e. The maximum absolute atomic E-state index is 6.31. The third-order valence-electron chi connectivity index (χ3n) is 5.49. The summed E-state index contributed by atoms with van der Waals surface area (Å²) >= 11 is 7.95. The van der Waals surface area contributed by atoms with E-state index in [0.717, 1.165) is 35.5 Å². The van der Waals surface area contributed by atoms with Crippen LogP contribution in [0.15, 0.2) is 47.8 Å². The monoisotopic (exact) mass is 405 g/mol. The fourth-order valence-electron chi connectivity index (χ4n) is 4.12. The first-order chi connectivity index (χ1) is 13.6. The first kappa shape index (κ1) is 17.7. The van der Waals surface area contributed by atoms with Crippen LogP contribution in [-0.2, 0) is 13.0 Å². The Morgan fingerprint density at radius 3 is 2.64 bits per heavy atom. The molecule has 2 aromatic heterocycles. The third-order valence-corrected chi connectivity index (χ3v) is 6.53. The van der Waals surface area contributed by atoms with Crippen molar-refractivity contribution in [1.82, 2.24) is 9.97 Å². The minimum Gasteiger partial charge on any atom is -0.351 e. The van der Waals surface area contributed by atoms with Gasteiger partial charge in [-0.25, -0.2) is 4.98 Å². The largest absolute Gasteiger partial charge is 0.351 e. The molecular formula is C23H20ClN3S. The highest BCUT2D eigenvalue weighted by Crippen LogP contribution is 2.41. The van der Waals surface area contributed by atoms with Crippen LogP contribution in [0.5, 0.6) is 0 Å². The van der Waals surface area contributed by atoms with E-state index >= 15 is 0 Å². The molecule has 0 aliphatic carbocycles. The molecule has 3 heterocycles. The minimum atomic E-state index is 0.315. The van der Waals surface area contributed by atoms with Gasteiger partial charge in [-0.3, -0.25) is 0 Å². The molecule has 28 heavy (non-hydrogen) atoms. The highest BCUT2D eigenvalue weighted by molar-refractivity contribution is 7.17. The molecule has 0 saturated heterocycles. The third kappa shape index (κ3) is 2.97. The summed E-state index contributed by atoms with van der Waals surface area (Å²) in [5.41, 5.74) is 7.76. The number of benzene rings is 2. The zero-order valence-corrected chi connectivity index (χ0v) is 17.4. The number of thiophene rings is 1. The van der Waals surface area contributed by atoms with E-state index in [1.54, 1.807) is 11.3 Å². The number of hydrogen-bond donors (Lipinski definition) is 0. The lowest BCUT2D eigenvalue weighted by Crippen LogP contribution is -2.31. The molecule has 0 unspecified atom stereocenters. The number of rotatable bonds is 2. The van der Waals surface area contributed by atoms with Crippen LogP contribution in [0.4, 0.5) is 5.82 Å². The predicted octanol–water partition coefficient (Wildman–Crippen LogP) is 6.19. The summed E-state index contributed by atoms with van der Waals surface area (Å²) in [6, 6.07) is 15.3. The molecule has 0 atom stereocenters. The van der Waals surface area contributed by atoms with Gasteiger partial charge in [0.1, 0.15) is 10.6 Å². The van der Waals surface area contributed by atoms with E-state index in [-0.39, 0.29) is 0 Å². The number of anilines is 1. The van der Waals surface area contributed by atoms with Gasteiger partial charge in [0.25, 0.3) is 0 Å². The van der Waals surface area contributed by atoms with Crippen LogP contribution < -0.4 is 4.90 Å². The lowest BCUT2D eigenvalue weighted by atomic mass is 9.97. The Kier molecular flexibility index (Phi) is 4.33. The molecule has 1 aliphatic heterocycles. The topological polar surface area (TPSA) is 29.0 Å². The van der Waals surface area contributed by atoms with Crippen LogP contribution in [0.25, 0.3) is 21.3 Å². The standard InChI is InChI=1S/C23H20ClN3S/c1-14-7-8-18(15(2)11-14)19-13-28-22-20(19)21(25-23(24)26-22)27-10-9-16-5-3-4-6-17(16)12-27/h3-8,11,13H,9-10,12H2,1-2H3. The van der Waals surface area contributed by atoms with E-state index in [0.29, 0.717) is 5.28 Å². The second kappa shape index (κ2) is 6.87. The molecule has 2 aromatic carbocycles. The molecule has 4 aromatic rings. The molecule has 5 heteroatoms. The minimum absolute atomic E-state index is 0.315. The Morgan fingerprint density at radius 2 is 1.82 bits per heavy atom. The van der Waals surface area contributed by atoms with Crippen molar-refractivity contribution in [3.05, 3.63) is 75.4 Å². The first-order valence-electron chi connectivity index (χ1n) is 9.44. The van der Waals surface area contributed by atoms with Crippen LogP contribution in [0.1, 0.15) is 22.3 Å². The van der Waals surface area contributed by atoms with Gasteiger partial charge in [0, 0.05) is 24.0 Å². The van der Waals surface area contributed by atoms with Gasteiger partial charge in [0.15, 0.2) is 0 Å². The second-order valence-electron chi connectivity index (χ2n) is 7.40. The van der Waals surface area contributed by atoms with Gasteiger partial charge in [-0.2, -0.15) is 4.98 Å². The predicted molar refractivity (Wildman–Crippen MR) is 119 cm³/mol. The van der Waals surface area contributed by atoms with Crippen LogP contribution in [0, 0.1) is 13.8 Å². The van der Waals surface area contributed by atoms with Gasteiger partial charge in [-0.1, -0.05) is 48.0 Å². The number of fused-ring (bicyclic) bond motifs is 2. The van der Waals surface area contributed by atoms with E-state index in [1.807, 2.05) is 0 Å². The van der Waals surface area contributed by atoms with Crippen LogP contribution in [0.2, 0.25) is 5.28 Å². The molecule has 0 amide bonds. The molecule has 5 rings (SSSR count). The second-order valence-corrected chi connectivity index (χ2v) is 8.60. The van der Waals surface area contributed by atoms with E-state index < -0.39 is 0 Å². The zero-order valence-electron chi connectivity index (χ0n) is 15.9. The Labute approximate surface area is 173 Å². The Hall–Kier alpha value is -2.43. The summed E-state index contributed by atoms with van der Waals surface area (Å²) in [6.45, 7) is 6.07. The lowest BCUT2D eigenvalue weighted by Gasteiger charge is -2.30. The number of halogens is 1. The van der Waals surface area contributed by atoms with Crippen molar-refractivity contribution in [2.24, 2.45) is 0 Å². The van der Waals surface area contributed by atoms with Crippen molar-refractivity contribution in [2.75, 3.05) is 11.4 Å². The van der Waals surface area contributed by atoms with Gasteiger partial charge < -0.3 is 4.90 Å². The van der Waals surface area contributed by atoms with E-state index in [1.165, 1.54) is 33.4 Å². The lowest BCUT2D eigenvalue weighted by molar-refractivity contribution is 0.723. The van der Waals surface area contributed by atoms with Gasteiger partial charge >= 0.3 is 0 Å². The van der Waals surface area contributed by atoms with Gasteiger partial charge in [-0.05, 0) is 54.1 Å². The molecule has 0 fully saturated rings. The molecule has 140 valence electrons. The molecule has 0 saturated carbocycles. The fraction of sp³-hybridized carbons (Fsp3) is 0.217. The number of nitrogens with zero attached hydrogens (tertiary/aromatic N) is 3. The Bertz CT molecular complexity index is 1200. The Morgan fingerprint density at radius 1 is 1.00 bits per heavy atom. The molecule has 1 aliphatic rings. The Balaban J connectivity index is 1.68. The number of aryl methyl sites for hydroxylation is 2. The molecule has 0 radical (unpaired) electrons. The van der Waals surface area contributed by atoms with Crippen molar-refractivity contribution in [1.29, 1.82) is 0 Å². The summed E-state index contributed by atoms with van der Waals surface area (Å²) in [4.78, 5) is 12.5. The van der Waals surface area contributed by atoms with Crippen molar-refractivity contribution in [3.8, 4) is 11.1 Å². The van der Waals surface area contributed by atoms with Crippen molar-refractivity contribution in [3.63, 3.8) is 0 Å². The number of aromatic nitrogens is 2. The first-order valence-corrected chi connectivity index (χ1v) is 10.7. The van der Waals surface area contributed by atoms with Gasteiger partial charge in [0.2, 0.25) is 5.28 Å². The fourth-order valence-corrected chi connectivity index (χ4v) is 5.26. The van der Waals surface area contributed by atoms with Crippen molar-refractivity contribution >= 4 is 39.0 Å². The molecule has 0 bridgehead atoms. The summed E-state index contributed by atoms with van der Waals surface area (Å²) in [7, 11) is 0.